The number of ether oxygens (including phenoxy) is 1. The summed E-state index contributed by atoms with van der Waals surface area (Å²) in [6, 6.07) is 17.8. The molecule has 0 fully saturated rings. The highest BCUT2D eigenvalue weighted by Crippen LogP contribution is 2.44. The predicted octanol–water partition coefficient (Wildman–Crippen LogP) is 3.51. The smallest absolute Gasteiger partial charge is 0.407 e. The van der Waals surface area contributed by atoms with Gasteiger partial charge in [-0.15, -0.1) is 0 Å². The van der Waals surface area contributed by atoms with Crippen LogP contribution in [0.2, 0.25) is 0 Å². The Balaban J connectivity index is 1.27. The third kappa shape index (κ3) is 3.99. The molecule has 1 heterocycles. The number of aromatic carboxylic acids is 1. The van der Waals surface area contributed by atoms with Gasteiger partial charge in [0.2, 0.25) is 0 Å². The molecule has 0 saturated carbocycles. The van der Waals surface area contributed by atoms with E-state index in [-0.39, 0.29) is 18.2 Å². The van der Waals surface area contributed by atoms with E-state index >= 15 is 0 Å². The third-order valence-corrected chi connectivity index (χ3v) is 5.04. The number of benzene rings is 2. The first kappa shape index (κ1) is 18.7. The number of alkyl carbamates (subject to hydrolysis) is 1. The van der Waals surface area contributed by atoms with Crippen LogP contribution in [0.1, 0.15) is 34.0 Å². The number of hydrogen-bond donors (Lipinski definition) is 2. The largest absolute Gasteiger partial charge is 0.476 e. The Labute approximate surface area is 167 Å². The molecule has 2 aromatic carbocycles. The fourth-order valence-electron chi connectivity index (χ4n) is 3.68. The summed E-state index contributed by atoms with van der Waals surface area (Å²) in [6.07, 6.45) is 1.76. The molecule has 7 nitrogen and oxygen atoms in total. The predicted molar refractivity (Wildman–Crippen MR) is 107 cm³/mol. The molecule has 7 heteroatoms. The molecule has 1 aromatic heterocycles. The van der Waals surface area contributed by atoms with Crippen LogP contribution in [0.3, 0.4) is 0 Å². The molecule has 0 spiro atoms. The highest BCUT2D eigenvalue weighted by molar-refractivity contribution is 5.85. The first-order valence-corrected chi connectivity index (χ1v) is 9.49. The summed E-state index contributed by atoms with van der Waals surface area (Å²) in [6.45, 7) is 1.21. The molecule has 4 rings (SSSR count). The SMILES string of the molecule is O=C(NCCCn1ccc(C(=O)O)n1)OCC1c2ccccc2-c2ccccc21. The van der Waals surface area contributed by atoms with Crippen molar-refractivity contribution in [3.8, 4) is 11.1 Å². The summed E-state index contributed by atoms with van der Waals surface area (Å²) in [4.78, 5) is 22.9. The van der Waals surface area contributed by atoms with E-state index in [2.05, 4.69) is 34.7 Å². The molecule has 2 N–H and O–H groups in total. The second-order valence-electron chi connectivity index (χ2n) is 6.88. The number of carboxylic acid groups (broad SMARTS) is 1. The van der Waals surface area contributed by atoms with Gasteiger partial charge in [-0.3, -0.25) is 4.68 Å². The van der Waals surface area contributed by atoms with Crippen molar-refractivity contribution in [3.63, 3.8) is 0 Å². The maximum absolute atomic E-state index is 12.1. The van der Waals surface area contributed by atoms with Crippen LogP contribution in [0, 0.1) is 0 Å². The van der Waals surface area contributed by atoms with E-state index in [1.165, 1.54) is 28.3 Å². The average molecular weight is 391 g/mol. The van der Waals surface area contributed by atoms with E-state index in [0.29, 0.717) is 19.5 Å². The topological polar surface area (TPSA) is 93.5 Å². The van der Waals surface area contributed by atoms with Gasteiger partial charge in [0.25, 0.3) is 0 Å². The van der Waals surface area contributed by atoms with Crippen LogP contribution < -0.4 is 5.32 Å². The van der Waals surface area contributed by atoms with Gasteiger partial charge in [-0.25, -0.2) is 9.59 Å². The number of hydrogen-bond acceptors (Lipinski definition) is 4. The molecule has 148 valence electrons. The Morgan fingerprint density at radius 1 is 1.03 bits per heavy atom. The second kappa shape index (κ2) is 8.18. The molecule has 1 aliphatic carbocycles. The average Bonchev–Trinajstić information content (AvgIpc) is 3.33. The zero-order chi connectivity index (χ0) is 20.2. The fraction of sp³-hybridized carbons (Fsp3) is 0.227. The van der Waals surface area contributed by atoms with Crippen LogP contribution in [0.4, 0.5) is 4.79 Å². The monoisotopic (exact) mass is 391 g/mol. The highest BCUT2D eigenvalue weighted by Gasteiger charge is 2.28. The minimum absolute atomic E-state index is 0.00879. The maximum atomic E-state index is 12.1. The maximum Gasteiger partial charge on any atom is 0.407 e. The lowest BCUT2D eigenvalue weighted by atomic mass is 9.98. The van der Waals surface area contributed by atoms with Crippen LogP contribution in [0.15, 0.2) is 60.8 Å². The van der Waals surface area contributed by atoms with Crippen LogP contribution in [-0.2, 0) is 11.3 Å². The van der Waals surface area contributed by atoms with Crippen molar-refractivity contribution in [1.82, 2.24) is 15.1 Å². The lowest BCUT2D eigenvalue weighted by Gasteiger charge is -2.14. The number of nitrogens with one attached hydrogen (secondary N) is 1. The van der Waals surface area contributed by atoms with Gasteiger partial charge < -0.3 is 15.2 Å². The number of aromatic nitrogens is 2. The summed E-state index contributed by atoms with van der Waals surface area (Å²) in [7, 11) is 0. The number of carbonyl (C=O) groups is 2. The van der Waals surface area contributed by atoms with Gasteiger partial charge in [0.15, 0.2) is 5.69 Å². The van der Waals surface area contributed by atoms with E-state index < -0.39 is 12.1 Å². The highest BCUT2D eigenvalue weighted by atomic mass is 16.5. The molecule has 29 heavy (non-hydrogen) atoms. The van der Waals surface area contributed by atoms with E-state index in [0.717, 1.165) is 0 Å². The fourth-order valence-corrected chi connectivity index (χ4v) is 3.68. The van der Waals surface area contributed by atoms with Gasteiger partial charge in [-0.1, -0.05) is 48.5 Å². The molecule has 1 amide bonds. The van der Waals surface area contributed by atoms with Crippen LogP contribution >= 0.6 is 0 Å². The van der Waals surface area contributed by atoms with Crippen LogP contribution in [0.5, 0.6) is 0 Å². The normalized spacial score (nSPS) is 12.3. The summed E-state index contributed by atoms with van der Waals surface area (Å²) in [5, 5.41) is 15.5. The molecule has 0 unspecified atom stereocenters. The number of aryl methyl sites for hydroxylation is 1. The number of nitrogens with zero attached hydrogens (tertiary/aromatic N) is 2. The standard InChI is InChI=1S/C22H21N3O4/c26-21(27)20-10-13-25(24-20)12-5-11-23-22(28)29-14-19-17-8-3-1-6-15(17)16-7-2-4-9-18(16)19/h1-4,6-10,13,19H,5,11-12,14H2,(H,23,28)(H,26,27). The van der Waals surface area contributed by atoms with E-state index in [4.69, 9.17) is 9.84 Å². The number of carboxylic acids is 1. The summed E-state index contributed by atoms with van der Waals surface area (Å²) in [5.41, 5.74) is 4.74. The van der Waals surface area contributed by atoms with Gasteiger partial charge in [-0.05, 0) is 34.7 Å². The van der Waals surface area contributed by atoms with E-state index in [1.54, 1.807) is 10.9 Å². The van der Waals surface area contributed by atoms with Crippen LogP contribution in [0.25, 0.3) is 11.1 Å². The zero-order valence-electron chi connectivity index (χ0n) is 15.7. The Morgan fingerprint density at radius 2 is 1.69 bits per heavy atom. The Morgan fingerprint density at radius 3 is 2.31 bits per heavy atom. The molecule has 0 bridgehead atoms. The van der Waals surface area contributed by atoms with Crippen LogP contribution in [-0.4, -0.2) is 40.1 Å². The van der Waals surface area contributed by atoms with Gasteiger partial charge in [-0.2, -0.15) is 5.10 Å². The Kier molecular flexibility index (Phi) is 5.29. The number of fused-ring (bicyclic) bond motifs is 3. The van der Waals surface area contributed by atoms with Crippen molar-refractivity contribution in [2.75, 3.05) is 13.2 Å². The number of amides is 1. The van der Waals surface area contributed by atoms with Crippen molar-refractivity contribution < 1.29 is 19.4 Å². The molecular weight excluding hydrogens is 370 g/mol. The summed E-state index contributed by atoms with van der Waals surface area (Å²) in [5.74, 6) is -1.02. The molecule has 0 saturated heterocycles. The van der Waals surface area contributed by atoms with Crippen molar-refractivity contribution >= 4 is 12.1 Å². The first-order valence-electron chi connectivity index (χ1n) is 9.49. The van der Waals surface area contributed by atoms with Gasteiger partial charge in [0.05, 0.1) is 0 Å². The number of rotatable bonds is 7. The second-order valence-corrected chi connectivity index (χ2v) is 6.88. The summed E-state index contributed by atoms with van der Waals surface area (Å²) >= 11 is 0. The van der Waals surface area contributed by atoms with E-state index in [9.17, 15) is 9.59 Å². The van der Waals surface area contributed by atoms with Crippen molar-refractivity contribution in [2.45, 2.75) is 18.9 Å². The molecule has 3 aromatic rings. The lowest BCUT2D eigenvalue weighted by Crippen LogP contribution is -2.27. The minimum atomic E-state index is -1.06. The third-order valence-electron chi connectivity index (χ3n) is 5.04. The molecule has 0 atom stereocenters. The van der Waals surface area contributed by atoms with Gasteiger partial charge in [0, 0.05) is 25.2 Å². The van der Waals surface area contributed by atoms with Gasteiger partial charge in [0.1, 0.15) is 6.61 Å². The molecule has 0 radical (unpaired) electrons. The Hall–Kier alpha value is -3.61. The zero-order valence-corrected chi connectivity index (χ0v) is 15.7. The number of carbonyl (C=O) groups excluding carboxylic acids is 1. The van der Waals surface area contributed by atoms with Crippen molar-refractivity contribution in [3.05, 3.63) is 77.6 Å². The summed E-state index contributed by atoms with van der Waals surface area (Å²) < 4.78 is 7.02. The first-order chi connectivity index (χ1) is 14.1. The molecular formula is C22H21N3O4. The van der Waals surface area contributed by atoms with Crippen molar-refractivity contribution in [2.24, 2.45) is 0 Å². The Bertz CT molecular complexity index is 998. The molecule has 1 aliphatic rings. The van der Waals surface area contributed by atoms with Crippen molar-refractivity contribution in [1.29, 1.82) is 0 Å². The minimum Gasteiger partial charge on any atom is -0.476 e. The molecule has 0 aliphatic heterocycles. The van der Waals surface area contributed by atoms with Gasteiger partial charge >= 0.3 is 12.1 Å². The quantitative estimate of drug-likeness (QED) is 0.601. The lowest BCUT2D eigenvalue weighted by molar-refractivity contribution is 0.0689. The van der Waals surface area contributed by atoms with E-state index in [1.807, 2.05) is 24.3 Å².